The lowest BCUT2D eigenvalue weighted by Gasteiger charge is -2.27. The van der Waals surface area contributed by atoms with Crippen molar-refractivity contribution in [1.29, 1.82) is 5.26 Å². The minimum absolute atomic E-state index is 0.190. The van der Waals surface area contributed by atoms with Crippen molar-refractivity contribution < 1.29 is 4.74 Å². The van der Waals surface area contributed by atoms with E-state index < -0.39 is 0 Å². The SMILES string of the molecule is C=C(C)COCCNC1CCCCC1C#N. The second kappa shape index (κ2) is 7.43. The van der Waals surface area contributed by atoms with E-state index in [0.29, 0.717) is 19.3 Å². The van der Waals surface area contributed by atoms with Gasteiger partial charge in [0.15, 0.2) is 0 Å². The molecule has 0 aromatic rings. The molecule has 3 nitrogen and oxygen atoms in total. The maximum Gasteiger partial charge on any atom is 0.0672 e. The number of nitrogens with zero attached hydrogens (tertiary/aromatic N) is 1. The molecule has 3 heteroatoms. The summed E-state index contributed by atoms with van der Waals surface area (Å²) in [6.45, 7) is 7.90. The Bertz CT molecular complexity index is 257. The minimum atomic E-state index is 0.190. The lowest BCUT2D eigenvalue weighted by molar-refractivity contribution is 0.150. The van der Waals surface area contributed by atoms with Gasteiger partial charge in [-0.15, -0.1) is 0 Å². The molecule has 0 bridgehead atoms. The van der Waals surface area contributed by atoms with Gasteiger partial charge in [-0.25, -0.2) is 0 Å². The average molecular weight is 222 g/mol. The summed E-state index contributed by atoms with van der Waals surface area (Å²) in [5.41, 5.74) is 1.05. The first-order valence-electron chi connectivity index (χ1n) is 6.09. The molecule has 1 saturated carbocycles. The van der Waals surface area contributed by atoms with Crippen LogP contribution in [0.15, 0.2) is 12.2 Å². The van der Waals surface area contributed by atoms with Crippen molar-refractivity contribution >= 4 is 0 Å². The van der Waals surface area contributed by atoms with Gasteiger partial charge in [-0.3, -0.25) is 0 Å². The van der Waals surface area contributed by atoms with Crippen LogP contribution in [0.3, 0.4) is 0 Å². The average Bonchev–Trinajstić information content (AvgIpc) is 2.29. The van der Waals surface area contributed by atoms with E-state index in [2.05, 4.69) is 18.0 Å². The zero-order valence-corrected chi connectivity index (χ0v) is 10.2. The maximum absolute atomic E-state index is 9.00. The van der Waals surface area contributed by atoms with Crippen LogP contribution >= 0.6 is 0 Å². The van der Waals surface area contributed by atoms with E-state index in [-0.39, 0.29) is 5.92 Å². The van der Waals surface area contributed by atoms with Crippen molar-refractivity contribution in [1.82, 2.24) is 5.32 Å². The largest absolute Gasteiger partial charge is 0.376 e. The molecular formula is C13H22N2O. The number of nitriles is 1. The highest BCUT2D eigenvalue weighted by Gasteiger charge is 2.23. The van der Waals surface area contributed by atoms with Gasteiger partial charge < -0.3 is 10.1 Å². The molecule has 0 radical (unpaired) electrons. The summed E-state index contributed by atoms with van der Waals surface area (Å²) in [7, 11) is 0. The highest BCUT2D eigenvalue weighted by molar-refractivity contribution is 4.94. The van der Waals surface area contributed by atoms with E-state index in [4.69, 9.17) is 10.00 Å². The van der Waals surface area contributed by atoms with E-state index in [1.807, 2.05) is 6.92 Å². The molecule has 0 amide bonds. The third-order valence-corrected chi connectivity index (χ3v) is 2.93. The number of hydrogen-bond donors (Lipinski definition) is 1. The lowest BCUT2D eigenvalue weighted by Crippen LogP contribution is -2.39. The Morgan fingerprint density at radius 2 is 2.25 bits per heavy atom. The van der Waals surface area contributed by atoms with Crippen molar-refractivity contribution in [2.24, 2.45) is 5.92 Å². The van der Waals surface area contributed by atoms with Gasteiger partial charge in [-0.05, 0) is 19.8 Å². The molecule has 1 fully saturated rings. The quantitative estimate of drug-likeness (QED) is 0.554. The topological polar surface area (TPSA) is 45.0 Å². The van der Waals surface area contributed by atoms with Gasteiger partial charge in [-0.1, -0.05) is 25.0 Å². The Hall–Kier alpha value is -0.850. The van der Waals surface area contributed by atoms with Crippen LogP contribution < -0.4 is 5.32 Å². The Balaban J connectivity index is 2.11. The molecule has 1 aliphatic carbocycles. The molecule has 0 spiro atoms. The number of rotatable bonds is 6. The van der Waals surface area contributed by atoms with E-state index >= 15 is 0 Å². The fourth-order valence-corrected chi connectivity index (χ4v) is 2.09. The molecule has 90 valence electrons. The summed E-state index contributed by atoms with van der Waals surface area (Å²) < 4.78 is 5.41. The normalized spacial score (nSPS) is 25.0. The van der Waals surface area contributed by atoms with Gasteiger partial charge in [-0.2, -0.15) is 5.26 Å². The smallest absolute Gasteiger partial charge is 0.0672 e. The number of nitrogens with one attached hydrogen (secondary N) is 1. The van der Waals surface area contributed by atoms with Gasteiger partial charge in [0.2, 0.25) is 0 Å². The molecule has 16 heavy (non-hydrogen) atoms. The molecular weight excluding hydrogens is 200 g/mol. The van der Waals surface area contributed by atoms with E-state index in [9.17, 15) is 0 Å². The van der Waals surface area contributed by atoms with Gasteiger partial charge >= 0.3 is 0 Å². The molecule has 0 aromatic carbocycles. The van der Waals surface area contributed by atoms with Crippen LogP contribution in [0.5, 0.6) is 0 Å². The van der Waals surface area contributed by atoms with Crippen molar-refractivity contribution in [3.63, 3.8) is 0 Å². The van der Waals surface area contributed by atoms with Crippen molar-refractivity contribution in [3.8, 4) is 6.07 Å². The standard InChI is InChI=1S/C13H22N2O/c1-11(2)10-16-8-7-15-13-6-4-3-5-12(13)9-14/h12-13,15H,1,3-8,10H2,2H3. The van der Waals surface area contributed by atoms with Crippen LogP contribution in [0.2, 0.25) is 0 Å². The van der Waals surface area contributed by atoms with Crippen molar-refractivity contribution in [3.05, 3.63) is 12.2 Å². The Kier molecular flexibility index (Phi) is 6.14. The lowest BCUT2D eigenvalue weighted by atomic mass is 9.85. The molecule has 0 aromatic heterocycles. The summed E-state index contributed by atoms with van der Waals surface area (Å²) >= 11 is 0. The molecule has 1 N–H and O–H groups in total. The maximum atomic E-state index is 9.00. The second-order valence-electron chi connectivity index (χ2n) is 4.59. The molecule has 0 heterocycles. The monoisotopic (exact) mass is 222 g/mol. The molecule has 1 aliphatic rings. The number of hydrogen-bond acceptors (Lipinski definition) is 3. The number of ether oxygens (including phenoxy) is 1. The van der Waals surface area contributed by atoms with E-state index in [0.717, 1.165) is 25.0 Å². The zero-order chi connectivity index (χ0) is 11.8. The summed E-state index contributed by atoms with van der Waals surface area (Å²) in [5.74, 6) is 0.190. The first-order chi connectivity index (χ1) is 7.74. The predicted molar refractivity (Wildman–Crippen MR) is 65.0 cm³/mol. The summed E-state index contributed by atoms with van der Waals surface area (Å²) in [6, 6.07) is 2.76. The fourth-order valence-electron chi connectivity index (χ4n) is 2.09. The van der Waals surface area contributed by atoms with Gasteiger partial charge in [0.25, 0.3) is 0 Å². The Labute approximate surface area is 98.5 Å². The predicted octanol–water partition coefficient (Wildman–Crippen LogP) is 2.25. The zero-order valence-electron chi connectivity index (χ0n) is 10.2. The summed E-state index contributed by atoms with van der Waals surface area (Å²) in [5, 5.41) is 12.4. The van der Waals surface area contributed by atoms with Gasteiger partial charge in [0.05, 0.1) is 25.2 Å². The Morgan fingerprint density at radius 3 is 2.94 bits per heavy atom. The highest BCUT2D eigenvalue weighted by atomic mass is 16.5. The van der Waals surface area contributed by atoms with Crippen LogP contribution in [0.1, 0.15) is 32.6 Å². The van der Waals surface area contributed by atoms with E-state index in [1.165, 1.54) is 12.8 Å². The summed E-state index contributed by atoms with van der Waals surface area (Å²) in [4.78, 5) is 0. The molecule has 2 atom stereocenters. The third-order valence-electron chi connectivity index (χ3n) is 2.93. The van der Waals surface area contributed by atoms with Crippen molar-refractivity contribution in [2.45, 2.75) is 38.6 Å². The second-order valence-corrected chi connectivity index (χ2v) is 4.59. The first-order valence-corrected chi connectivity index (χ1v) is 6.09. The van der Waals surface area contributed by atoms with Gasteiger partial charge in [0.1, 0.15) is 0 Å². The molecule has 2 unspecified atom stereocenters. The van der Waals surface area contributed by atoms with Crippen LogP contribution in [0.25, 0.3) is 0 Å². The van der Waals surface area contributed by atoms with Crippen molar-refractivity contribution in [2.75, 3.05) is 19.8 Å². The third kappa shape index (κ3) is 4.78. The Morgan fingerprint density at radius 1 is 1.50 bits per heavy atom. The fraction of sp³-hybridized carbons (Fsp3) is 0.769. The van der Waals surface area contributed by atoms with E-state index in [1.54, 1.807) is 0 Å². The summed E-state index contributed by atoms with van der Waals surface area (Å²) in [6.07, 6.45) is 4.60. The van der Waals surface area contributed by atoms with Crippen LogP contribution in [-0.2, 0) is 4.74 Å². The molecule has 1 rings (SSSR count). The van der Waals surface area contributed by atoms with Crippen LogP contribution in [0, 0.1) is 17.2 Å². The van der Waals surface area contributed by atoms with Crippen LogP contribution in [0.4, 0.5) is 0 Å². The minimum Gasteiger partial charge on any atom is -0.376 e. The highest BCUT2D eigenvalue weighted by Crippen LogP contribution is 2.23. The first kappa shape index (κ1) is 13.2. The molecule has 0 aliphatic heterocycles. The van der Waals surface area contributed by atoms with Gasteiger partial charge in [0, 0.05) is 12.6 Å². The van der Waals surface area contributed by atoms with Crippen LogP contribution in [-0.4, -0.2) is 25.8 Å². The molecule has 0 saturated heterocycles.